The fourth-order valence-corrected chi connectivity index (χ4v) is 5.64. The van der Waals surface area contributed by atoms with Crippen molar-refractivity contribution in [3.63, 3.8) is 0 Å². The molecule has 0 saturated carbocycles. The van der Waals surface area contributed by atoms with Gasteiger partial charge < -0.3 is 9.97 Å². The quantitative estimate of drug-likeness (QED) is 0.209. The lowest BCUT2D eigenvalue weighted by molar-refractivity contribution is 0.483. The van der Waals surface area contributed by atoms with Crippen molar-refractivity contribution in [3.8, 4) is 11.1 Å². The average molecular weight is 535 g/mol. The first-order chi connectivity index (χ1) is 17.2. The molecule has 0 amide bonds. The van der Waals surface area contributed by atoms with E-state index in [1.165, 1.54) is 12.1 Å². The maximum absolute atomic E-state index is 11.9. The molecular formula is C26H16Cl2N4O3S. The van der Waals surface area contributed by atoms with E-state index in [9.17, 15) is 13.0 Å². The molecule has 36 heavy (non-hydrogen) atoms. The molecule has 0 unspecified atom stereocenters. The van der Waals surface area contributed by atoms with E-state index in [-0.39, 0.29) is 15.6 Å². The van der Waals surface area contributed by atoms with E-state index in [0.29, 0.717) is 22.3 Å². The highest BCUT2D eigenvalue weighted by Crippen LogP contribution is 2.41. The maximum atomic E-state index is 11.9. The number of aromatic nitrogens is 4. The molecule has 8 bridgehead atoms. The number of fused-ring (bicyclic) bond motifs is 8. The maximum Gasteiger partial charge on any atom is 0.296 e. The van der Waals surface area contributed by atoms with E-state index in [1.54, 1.807) is 6.07 Å². The van der Waals surface area contributed by atoms with Gasteiger partial charge in [-0.25, -0.2) is 9.97 Å². The van der Waals surface area contributed by atoms with Gasteiger partial charge in [-0.15, -0.1) is 0 Å². The smallest absolute Gasteiger partial charge is 0.296 e. The zero-order valence-electron chi connectivity index (χ0n) is 18.3. The first kappa shape index (κ1) is 22.8. The number of hydrogen-bond acceptors (Lipinski definition) is 4. The summed E-state index contributed by atoms with van der Waals surface area (Å²) < 4.78 is 33.4. The van der Waals surface area contributed by atoms with Crippen LogP contribution in [0.4, 0.5) is 0 Å². The Kier molecular flexibility index (Phi) is 5.35. The van der Waals surface area contributed by atoms with E-state index in [0.717, 1.165) is 28.1 Å². The second-order valence-corrected chi connectivity index (χ2v) is 10.5. The molecule has 6 rings (SSSR count). The molecule has 3 aromatic heterocycles. The van der Waals surface area contributed by atoms with Crippen LogP contribution in [0.25, 0.3) is 57.5 Å². The van der Waals surface area contributed by atoms with Crippen molar-refractivity contribution in [2.45, 2.75) is 4.90 Å². The molecule has 0 atom stereocenters. The van der Waals surface area contributed by atoms with Gasteiger partial charge in [0.1, 0.15) is 4.90 Å². The molecule has 2 aliphatic rings. The summed E-state index contributed by atoms with van der Waals surface area (Å²) >= 11 is 13.0. The Bertz CT molecular complexity index is 1900. The highest BCUT2D eigenvalue weighted by Gasteiger charge is 2.22. The Hall–Kier alpha value is -3.69. The van der Waals surface area contributed by atoms with Gasteiger partial charge in [0.2, 0.25) is 0 Å². The van der Waals surface area contributed by atoms with Gasteiger partial charge in [-0.3, -0.25) is 4.55 Å². The van der Waals surface area contributed by atoms with Crippen LogP contribution in [0.1, 0.15) is 22.8 Å². The molecule has 7 nitrogen and oxygen atoms in total. The first-order valence-corrected chi connectivity index (χ1v) is 13.0. The third-order valence-electron chi connectivity index (χ3n) is 5.77. The summed E-state index contributed by atoms with van der Waals surface area (Å²) in [4.78, 5) is 15.6. The molecule has 0 aliphatic carbocycles. The van der Waals surface area contributed by atoms with Crippen molar-refractivity contribution in [1.29, 1.82) is 0 Å². The molecule has 178 valence electrons. The molecular weight excluding hydrogens is 519 g/mol. The van der Waals surface area contributed by atoms with Crippen LogP contribution in [0.2, 0.25) is 10.0 Å². The molecule has 3 N–H and O–H groups in total. The SMILES string of the molecule is O=S(=O)(O)c1ccc(Cl)c(-c2cc3cc4nc(cc5ccc(cc6nc(cc2[nH]3)C=C6)[nH]5)C=C4)c1Cl. The molecule has 4 aromatic rings. The molecule has 5 heterocycles. The minimum absolute atomic E-state index is 0.175. The molecule has 0 radical (unpaired) electrons. The average Bonchev–Trinajstić information content (AvgIpc) is 3.59. The monoisotopic (exact) mass is 534 g/mol. The second kappa shape index (κ2) is 8.46. The van der Waals surface area contributed by atoms with E-state index < -0.39 is 15.0 Å². The number of halogens is 2. The zero-order valence-corrected chi connectivity index (χ0v) is 20.7. The van der Waals surface area contributed by atoms with Crippen molar-refractivity contribution in [2.24, 2.45) is 0 Å². The van der Waals surface area contributed by atoms with Gasteiger partial charge in [0.05, 0.1) is 32.8 Å². The largest absolute Gasteiger partial charge is 0.355 e. The second-order valence-electron chi connectivity index (χ2n) is 8.30. The van der Waals surface area contributed by atoms with Gasteiger partial charge in [0.25, 0.3) is 10.1 Å². The lowest BCUT2D eigenvalue weighted by Gasteiger charge is -2.09. The normalized spacial score (nSPS) is 12.9. The summed E-state index contributed by atoms with van der Waals surface area (Å²) in [6, 6.07) is 15.9. The molecule has 0 spiro atoms. The Morgan fingerprint density at radius 1 is 0.694 bits per heavy atom. The van der Waals surface area contributed by atoms with Crippen LogP contribution in [-0.4, -0.2) is 32.9 Å². The van der Waals surface area contributed by atoms with Gasteiger partial charge in [0.15, 0.2) is 0 Å². The van der Waals surface area contributed by atoms with Crippen molar-refractivity contribution in [2.75, 3.05) is 0 Å². The summed E-state index contributed by atoms with van der Waals surface area (Å²) in [6.07, 6.45) is 7.58. The zero-order chi connectivity index (χ0) is 25.0. The molecule has 0 saturated heterocycles. The molecule has 10 heteroatoms. The summed E-state index contributed by atoms with van der Waals surface area (Å²) in [5.41, 5.74) is 6.90. The number of rotatable bonds is 2. The van der Waals surface area contributed by atoms with Crippen LogP contribution >= 0.6 is 23.2 Å². The highest BCUT2D eigenvalue weighted by molar-refractivity contribution is 7.86. The van der Waals surface area contributed by atoms with Gasteiger partial charge in [-0.1, -0.05) is 23.2 Å². The van der Waals surface area contributed by atoms with Crippen molar-refractivity contribution in [1.82, 2.24) is 19.9 Å². The fourth-order valence-electron chi connectivity index (χ4n) is 4.20. The number of hydrogen-bond donors (Lipinski definition) is 3. The predicted molar refractivity (Wildman–Crippen MR) is 144 cm³/mol. The Morgan fingerprint density at radius 3 is 1.83 bits per heavy atom. The van der Waals surface area contributed by atoms with Crippen molar-refractivity contribution in [3.05, 3.63) is 87.4 Å². The number of nitrogens with zero attached hydrogens (tertiary/aromatic N) is 2. The van der Waals surface area contributed by atoms with E-state index >= 15 is 0 Å². The highest BCUT2D eigenvalue weighted by atomic mass is 35.5. The Morgan fingerprint density at radius 2 is 1.25 bits per heavy atom. The number of nitrogens with one attached hydrogen (secondary N) is 2. The van der Waals surface area contributed by atoms with E-state index in [4.69, 9.17) is 23.2 Å². The summed E-state index contributed by atoms with van der Waals surface area (Å²) in [7, 11) is -4.56. The fraction of sp³-hybridized carbons (Fsp3) is 0. The summed E-state index contributed by atoms with van der Waals surface area (Å²) in [5.74, 6) is 0. The lowest BCUT2D eigenvalue weighted by Crippen LogP contribution is -2.00. The van der Waals surface area contributed by atoms with Crippen LogP contribution in [-0.2, 0) is 10.1 Å². The summed E-state index contributed by atoms with van der Waals surface area (Å²) in [6.45, 7) is 0. The standard InChI is InChI=1S/C26H16Cl2N4O3S/c27-22-7-8-24(36(33,34)35)26(28)25(22)21-12-20-11-18-4-3-16(30-18)9-14-1-2-15(29-14)10-17-5-6-19(31-17)13-23(21)32-20/h1-13,29,32H,(H,33,34,35). The van der Waals surface area contributed by atoms with Crippen LogP contribution in [0, 0.1) is 0 Å². The van der Waals surface area contributed by atoms with Crippen molar-refractivity contribution >= 4 is 79.7 Å². The van der Waals surface area contributed by atoms with Crippen molar-refractivity contribution < 1.29 is 13.0 Å². The molecule has 1 aromatic carbocycles. The minimum atomic E-state index is -4.56. The van der Waals surface area contributed by atoms with Crippen LogP contribution in [0.3, 0.4) is 0 Å². The van der Waals surface area contributed by atoms with Crippen LogP contribution in [0.5, 0.6) is 0 Å². The lowest BCUT2D eigenvalue weighted by atomic mass is 10.1. The Labute approximate surface area is 215 Å². The van der Waals surface area contributed by atoms with Gasteiger partial charge in [-0.05, 0) is 78.9 Å². The van der Waals surface area contributed by atoms with Crippen LogP contribution < -0.4 is 0 Å². The first-order valence-electron chi connectivity index (χ1n) is 10.8. The number of H-pyrrole nitrogens is 2. The summed E-state index contributed by atoms with van der Waals surface area (Å²) in [5, 5.41) is 0.0554. The van der Waals surface area contributed by atoms with Gasteiger partial charge >= 0.3 is 0 Å². The number of aromatic amines is 2. The molecule has 2 aliphatic heterocycles. The van der Waals surface area contributed by atoms with E-state index in [1.807, 2.05) is 60.7 Å². The Balaban J connectivity index is 1.70. The minimum Gasteiger partial charge on any atom is -0.355 e. The predicted octanol–water partition coefficient (Wildman–Crippen LogP) is 6.88. The third kappa shape index (κ3) is 4.25. The van der Waals surface area contributed by atoms with E-state index in [2.05, 4.69) is 19.9 Å². The van der Waals surface area contributed by atoms with Gasteiger partial charge in [0, 0.05) is 33.2 Å². The van der Waals surface area contributed by atoms with Crippen LogP contribution in [0.15, 0.2) is 59.5 Å². The number of benzene rings is 1. The topological polar surface area (TPSA) is 112 Å². The van der Waals surface area contributed by atoms with Gasteiger partial charge in [-0.2, -0.15) is 8.42 Å². The third-order valence-corrected chi connectivity index (χ3v) is 7.49. The molecule has 0 fully saturated rings.